The van der Waals surface area contributed by atoms with Gasteiger partial charge in [0.15, 0.2) is 5.76 Å². The third-order valence-electron chi connectivity index (χ3n) is 8.84. The Balaban J connectivity index is 1.21. The zero-order chi connectivity index (χ0) is 29.7. The number of fused-ring (bicyclic) bond motifs is 5. The molecule has 9 rings (SSSR count). The van der Waals surface area contributed by atoms with Crippen LogP contribution in [0.2, 0.25) is 0 Å². The van der Waals surface area contributed by atoms with Crippen LogP contribution in [-0.2, 0) is 0 Å². The summed E-state index contributed by atoms with van der Waals surface area (Å²) >= 11 is 0. The zero-order valence-electron chi connectivity index (χ0n) is 24.5. The lowest BCUT2D eigenvalue weighted by Gasteiger charge is -2.25. The van der Waals surface area contributed by atoms with Crippen molar-refractivity contribution in [3.63, 3.8) is 0 Å². The average Bonchev–Trinajstić information content (AvgIpc) is 3.71. The lowest BCUT2D eigenvalue weighted by molar-refractivity contribution is 0.583. The van der Waals surface area contributed by atoms with Gasteiger partial charge in [0.2, 0.25) is 0 Å². The molecule has 3 nitrogen and oxygen atoms in total. The third-order valence-corrected chi connectivity index (χ3v) is 8.84. The lowest BCUT2D eigenvalue weighted by atomic mass is 9.98. The average molecular weight is 577 g/mol. The Bertz CT molecular complexity index is 2430. The van der Waals surface area contributed by atoms with E-state index >= 15 is 0 Å². The van der Waals surface area contributed by atoms with Gasteiger partial charge >= 0.3 is 0 Å². The molecule has 3 heteroatoms. The Morgan fingerprint density at radius 3 is 1.78 bits per heavy atom. The molecule has 212 valence electrons. The number of aromatic nitrogens is 1. The van der Waals surface area contributed by atoms with Crippen molar-refractivity contribution in [1.82, 2.24) is 4.57 Å². The fourth-order valence-corrected chi connectivity index (χ4v) is 6.80. The van der Waals surface area contributed by atoms with Gasteiger partial charge in [0.05, 0.1) is 23.0 Å². The molecule has 7 aromatic carbocycles. The van der Waals surface area contributed by atoms with Crippen molar-refractivity contribution in [2.24, 2.45) is 0 Å². The summed E-state index contributed by atoms with van der Waals surface area (Å²) in [6.45, 7) is 0. The van der Waals surface area contributed by atoms with E-state index in [0.29, 0.717) is 0 Å². The Morgan fingerprint density at radius 1 is 0.444 bits per heavy atom. The molecule has 0 spiro atoms. The van der Waals surface area contributed by atoms with Crippen molar-refractivity contribution in [2.75, 3.05) is 4.90 Å². The fraction of sp³-hybridized carbons (Fsp3) is 0. The van der Waals surface area contributed by atoms with E-state index in [9.17, 15) is 0 Å². The predicted molar refractivity (Wildman–Crippen MR) is 188 cm³/mol. The molecule has 0 aliphatic heterocycles. The molecule has 45 heavy (non-hydrogen) atoms. The van der Waals surface area contributed by atoms with Gasteiger partial charge in [0, 0.05) is 39.5 Å². The first-order chi connectivity index (χ1) is 22.3. The van der Waals surface area contributed by atoms with E-state index < -0.39 is 0 Å². The van der Waals surface area contributed by atoms with E-state index in [-0.39, 0.29) is 0 Å². The van der Waals surface area contributed by atoms with Gasteiger partial charge in [0.25, 0.3) is 0 Å². The summed E-state index contributed by atoms with van der Waals surface area (Å²) in [6, 6.07) is 58.2. The summed E-state index contributed by atoms with van der Waals surface area (Å²) in [5.74, 6) is 0.839. The Kier molecular flexibility index (Phi) is 5.82. The van der Waals surface area contributed by atoms with Crippen molar-refractivity contribution in [1.29, 1.82) is 0 Å². The molecule has 0 atom stereocenters. The molecule has 0 radical (unpaired) electrons. The highest BCUT2D eigenvalue weighted by molar-refractivity contribution is 6.09. The fourth-order valence-electron chi connectivity index (χ4n) is 6.80. The molecule has 2 aromatic heterocycles. The van der Waals surface area contributed by atoms with Crippen LogP contribution in [0.25, 0.3) is 60.4 Å². The summed E-state index contributed by atoms with van der Waals surface area (Å²) < 4.78 is 8.68. The van der Waals surface area contributed by atoms with Gasteiger partial charge < -0.3 is 13.9 Å². The molecule has 0 unspecified atom stereocenters. The van der Waals surface area contributed by atoms with Crippen LogP contribution in [0.3, 0.4) is 0 Å². The topological polar surface area (TPSA) is 21.3 Å². The number of hydrogen-bond acceptors (Lipinski definition) is 2. The Morgan fingerprint density at radius 2 is 1.04 bits per heavy atom. The number of para-hydroxylation sites is 3. The number of benzene rings is 7. The van der Waals surface area contributed by atoms with Crippen LogP contribution in [0, 0.1) is 0 Å². The number of anilines is 3. The smallest absolute Gasteiger partial charge is 0.158 e. The Labute approximate surface area is 260 Å². The largest absolute Gasteiger partial charge is 0.462 e. The first kappa shape index (κ1) is 25.4. The van der Waals surface area contributed by atoms with Gasteiger partial charge in [-0.3, -0.25) is 0 Å². The highest BCUT2D eigenvalue weighted by Gasteiger charge is 2.21. The number of nitrogens with zero attached hydrogens (tertiary/aromatic N) is 2. The summed E-state index contributed by atoms with van der Waals surface area (Å²) in [6.07, 6.45) is 1.80. The van der Waals surface area contributed by atoms with E-state index in [1.165, 1.54) is 43.4 Å². The minimum Gasteiger partial charge on any atom is -0.462 e. The second-order valence-electron chi connectivity index (χ2n) is 11.4. The molecule has 2 heterocycles. The van der Waals surface area contributed by atoms with Crippen molar-refractivity contribution < 1.29 is 4.42 Å². The third kappa shape index (κ3) is 4.13. The molecule has 0 saturated carbocycles. The monoisotopic (exact) mass is 576 g/mol. The van der Waals surface area contributed by atoms with Crippen molar-refractivity contribution in [2.45, 2.75) is 0 Å². The maximum atomic E-state index is 6.33. The van der Waals surface area contributed by atoms with Crippen LogP contribution in [0.15, 0.2) is 174 Å². The first-order valence-corrected chi connectivity index (χ1v) is 15.3. The lowest BCUT2D eigenvalue weighted by Crippen LogP contribution is -2.10. The highest BCUT2D eigenvalue weighted by Crippen LogP contribution is 2.44. The summed E-state index contributed by atoms with van der Waals surface area (Å²) in [5.41, 5.74) is 7.71. The molecule has 9 aromatic rings. The van der Waals surface area contributed by atoms with Crippen LogP contribution < -0.4 is 4.90 Å². The molecule has 0 aliphatic rings. The number of hydrogen-bond donors (Lipinski definition) is 0. The van der Waals surface area contributed by atoms with Crippen LogP contribution in [0.4, 0.5) is 17.1 Å². The van der Waals surface area contributed by atoms with Crippen LogP contribution in [0.5, 0.6) is 0 Å². The van der Waals surface area contributed by atoms with Gasteiger partial charge in [-0.1, -0.05) is 97.1 Å². The summed E-state index contributed by atoms with van der Waals surface area (Å²) in [5, 5.41) is 7.32. The second kappa shape index (κ2) is 10.3. The quantitative estimate of drug-likeness (QED) is 0.190. The van der Waals surface area contributed by atoms with Crippen molar-refractivity contribution in [3.8, 4) is 17.0 Å². The van der Waals surface area contributed by atoms with Gasteiger partial charge in [0.1, 0.15) is 0 Å². The van der Waals surface area contributed by atoms with Crippen molar-refractivity contribution in [3.05, 3.63) is 170 Å². The highest BCUT2D eigenvalue weighted by atomic mass is 16.3. The molecule has 0 amide bonds. The van der Waals surface area contributed by atoms with E-state index in [1.54, 1.807) is 6.26 Å². The minimum absolute atomic E-state index is 0.839. The molecule has 0 N–H and O–H groups in total. The molecular formula is C42H28N2O. The summed E-state index contributed by atoms with van der Waals surface area (Å²) in [7, 11) is 0. The number of furan rings is 1. The standard InChI is InChI=1S/C42H28N2O/c1-2-14-32(15-3-1)43(33-21-23-34(24-22-33)44-39-19-8-6-16-35(39)36-17-7-9-20-40(36)44)41-25-26-45-42(41)37-18-10-13-31-27-29-11-4-5-12-30(29)28-38(31)37/h1-28H. The number of rotatable bonds is 5. The summed E-state index contributed by atoms with van der Waals surface area (Å²) in [4.78, 5) is 2.29. The maximum Gasteiger partial charge on any atom is 0.158 e. The molecule has 0 fully saturated rings. The molecular weight excluding hydrogens is 548 g/mol. The first-order valence-electron chi connectivity index (χ1n) is 15.3. The molecule has 0 saturated heterocycles. The maximum absolute atomic E-state index is 6.33. The van der Waals surface area contributed by atoms with Crippen LogP contribution in [0.1, 0.15) is 0 Å². The molecule has 0 aliphatic carbocycles. The van der Waals surface area contributed by atoms with E-state index in [4.69, 9.17) is 4.42 Å². The normalized spacial score (nSPS) is 11.6. The van der Waals surface area contributed by atoms with Gasteiger partial charge in [-0.15, -0.1) is 0 Å². The van der Waals surface area contributed by atoms with Crippen LogP contribution in [-0.4, -0.2) is 4.57 Å². The molecule has 0 bridgehead atoms. The van der Waals surface area contributed by atoms with Gasteiger partial charge in [-0.25, -0.2) is 0 Å². The SMILES string of the molecule is c1ccc(N(c2ccc(-n3c4ccccc4c4ccccc43)cc2)c2ccoc2-c2cccc3cc4ccccc4cc23)cc1. The van der Waals surface area contributed by atoms with E-state index in [2.05, 4.69) is 173 Å². The van der Waals surface area contributed by atoms with Gasteiger partial charge in [-0.05, 0) is 82.2 Å². The van der Waals surface area contributed by atoms with E-state index in [1.807, 2.05) is 0 Å². The zero-order valence-corrected chi connectivity index (χ0v) is 24.5. The second-order valence-corrected chi connectivity index (χ2v) is 11.4. The van der Waals surface area contributed by atoms with Crippen molar-refractivity contribution >= 4 is 60.4 Å². The van der Waals surface area contributed by atoms with Crippen LogP contribution >= 0.6 is 0 Å². The van der Waals surface area contributed by atoms with Gasteiger partial charge in [-0.2, -0.15) is 0 Å². The predicted octanol–water partition coefficient (Wildman–Crippen LogP) is 11.8. The minimum atomic E-state index is 0.839. The Hall–Kier alpha value is -6.06. The van der Waals surface area contributed by atoms with E-state index in [0.717, 1.165) is 34.1 Å².